The lowest BCUT2D eigenvalue weighted by Gasteiger charge is -2.08. The van der Waals surface area contributed by atoms with Gasteiger partial charge in [-0.05, 0) is 24.3 Å². The first-order valence-corrected chi connectivity index (χ1v) is 8.94. The van der Waals surface area contributed by atoms with Crippen LogP contribution in [0.4, 0.5) is 10.1 Å². The summed E-state index contributed by atoms with van der Waals surface area (Å²) in [6, 6.07) is 15.6. The van der Waals surface area contributed by atoms with Crippen LogP contribution >= 0.6 is 11.8 Å². The van der Waals surface area contributed by atoms with Crippen molar-refractivity contribution in [1.29, 1.82) is 0 Å². The van der Waals surface area contributed by atoms with Crippen LogP contribution in [0.1, 0.15) is 0 Å². The molecule has 26 heavy (non-hydrogen) atoms. The Hall–Kier alpha value is -2.93. The third-order valence-electron chi connectivity index (χ3n) is 3.53. The second-order valence-corrected chi connectivity index (χ2v) is 6.33. The van der Waals surface area contributed by atoms with Gasteiger partial charge in [-0.25, -0.2) is 4.39 Å². The number of benzene rings is 2. The van der Waals surface area contributed by atoms with E-state index in [0.717, 1.165) is 5.69 Å². The summed E-state index contributed by atoms with van der Waals surface area (Å²) in [5.74, 6) is 0.0564. The van der Waals surface area contributed by atoms with Crippen LogP contribution in [0.2, 0.25) is 0 Å². The van der Waals surface area contributed by atoms with Crippen LogP contribution in [-0.4, -0.2) is 26.4 Å². The van der Waals surface area contributed by atoms with Gasteiger partial charge in [0.25, 0.3) is 0 Å². The Labute approximate surface area is 155 Å². The quantitative estimate of drug-likeness (QED) is 0.506. The van der Waals surface area contributed by atoms with E-state index in [-0.39, 0.29) is 17.5 Å². The topological polar surface area (TPSA) is 59.8 Å². The Morgan fingerprint density at radius 3 is 2.62 bits per heavy atom. The number of hydrogen-bond donors (Lipinski definition) is 1. The molecule has 1 heterocycles. The minimum atomic E-state index is -0.372. The molecule has 0 unspecified atom stereocenters. The molecule has 0 fully saturated rings. The number of amides is 1. The summed E-state index contributed by atoms with van der Waals surface area (Å²) >= 11 is 1.24. The number of rotatable bonds is 7. The van der Waals surface area contributed by atoms with Gasteiger partial charge in [0.05, 0.1) is 11.3 Å². The zero-order valence-electron chi connectivity index (χ0n) is 13.9. The van der Waals surface area contributed by atoms with E-state index in [1.165, 1.54) is 17.8 Å². The number of para-hydroxylation sites is 1. The molecule has 0 aliphatic rings. The number of thioether (sulfide) groups is 1. The van der Waals surface area contributed by atoms with Crippen molar-refractivity contribution in [2.24, 2.45) is 0 Å². The van der Waals surface area contributed by atoms with Crippen molar-refractivity contribution in [2.75, 3.05) is 11.1 Å². The molecular formula is C19H17FN4OS. The van der Waals surface area contributed by atoms with E-state index in [2.05, 4.69) is 22.1 Å². The molecule has 5 nitrogen and oxygen atoms in total. The number of carbonyl (C=O) groups excluding carboxylic acids is 1. The van der Waals surface area contributed by atoms with Gasteiger partial charge in [-0.3, -0.25) is 9.36 Å². The first-order chi connectivity index (χ1) is 12.7. The van der Waals surface area contributed by atoms with Gasteiger partial charge < -0.3 is 5.32 Å². The first kappa shape index (κ1) is 17.9. The van der Waals surface area contributed by atoms with E-state index in [4.69, 9.17) is 0 Å². The third kappa shape index (κ3) is 4.18. The van der Waals surface area contributed by atoms with Gasteiger partial charge in [0.1, 0.15) is 5.82 Å². The van der Waals surface area contributed by atoms with Crippen LogP contribution in [0.25, 0.3) is 11.4 Å². The molecule has 0 aliphatic carbocycles. The Bertz CT molecular complexity index is 911. The van der Waals surface area contributed by atoms with E-state index in [1.54, 1.807) is 28.8 Å². The summed E-state index contributed by atoms with van der Waals surface area (Å²) in [4.78, 5) is 12.1. The molecule has 3 rings (SSSR count). The number of anilines is 1. The summed E-state index contributed by atoms with van der Waals surface area (Å²) < 4.78 is 15.8. The summed E-state index contributed by atoms with van der Waals surface area (Å²) in [5.41, 5.74) is 1.10. The normalized spacial score (nSPS) is 10.5. The van der Waals surface area contributed by atoms with Crippen LogP contribution in [-0.2, 0) is 11.3 Å². The van der Waals surface area contributed by atoms with E-state index in [1.807, 2.05) is 30.3 Å². The maximum Gasteiger partial charge on any atom is 0.234 e. The first-order valence-electron chi connectivity index (χ1n) is 7.95. The number of halogens is 1. The maximum absolute atomic E-state index is 14.1. The third-order valence-corrected chi connectivity index (χ3v) is 4.50. The van der Waals surface area contributed by atoms with Crippen molar-refractivity contribution in [3.05, 3.63) is 73.1 Å². The average Bonchev–Trinajstić information content (AvgIpc) is 3.04. The van der Waals surface area contributed by atoms with Crippen LogP contribution in [0.5, 0.6) is 0 Å². The average molecular weight is 368 g/mol. The molecule has 0 saturated heterocycles. The SMILES string of the molecule is C=CCn1c(SCC(=O)Nc2ccccc2)nnc1-c1ccccc1F. The van der Waals surface area contributed by atoms with E-state index < -0.39 is 0 Å². The van der Waals surface area contributed by atoms with Crippen molar-refractivity contribution in [3.63, 3.8) is 0 Å². The van der Waals surface area contributed by atoms with Crippen molar-refractivity contribution in [2.45, 2.75) is 11.7 Å². The van der Waals surface area contributed by atoms with Crippen LogP contribution in [0.15, 0.2) is 72.4 Å². The Morgan fingerprint density at radius 2 is 1.88 bits per heavy atom. The fourth-order valence-corrected chi connectivity index (χ4v) is 3.13. The highest BCUT2D eigenvalue weighted by Crippen LogP contribution is 2.26. The molecule has 0 atom stereocenters. The molecule has 7 heteroatoms. The number of hydrogen-bond acceptors (Lipinski definition) is 4. The second kappa shape index (κ2) is 8.44. The highest BCUT2D eigenvalue weighted by molar-refractivity contribution is 7.99. The van der Waals surface area contributed by atoms with E-state index in [9.17, 15) is 9.18 Å². The Kier molecular flexibility index (Phi) is 5.80. The van der Waals surface area contributed by atoms with Crippen LogP contribution in [0, 0.1) is 5.82 Å². The van der Waals surface area contributed by atoms with E-state index >= 15 is 0 Å². The van der Waals surface area contributed by atoms with Crippen molar-refractivity contribution >= 4 is 23.4 Å². The van der Waals surface area contributed by atoms with E-state index in [0.29, 0.717) is 23.1 Å². The molecule has 1 aromatic heterocycles. The number of aromatic nitrogens is 3. The summed E-state index contributed by atoms with van der Waals surface area (Å²) in [6.07, 6.45) is 1.68. The van der Waals surface area contributed by atoms with Gasteiger partial charge in [-0.2, -0.15) is 0 Å². The smallest absolute Gasteiger partial charge is 0.234 e. The Morgan fingerprint density at radius 1 is 1.15 bits per heavy atom. The zero-order chi connectivity index (χ0) is 18.4. The lowest BCUT2D eigenvalue weighted by Crippen LogP contribution is -2.14. The Balaban J connectivity index is 1.75. The second-order valence-electron chi connectivity index (χ2n) is 5.39. The molecule has 0 radical (unpaired) electrons. The minimum Gasteiger partial charge on any atom is -0.325 e. The highest BCUT2D eigenvalue weighted by atomic mass is 32.2. The van der Waals surface area contributed by atoms with Crippen LogP contribution < -0.4 is 5.32 Å². The fraction of sp³-hybridized carbons (Fsp3) is 0.105. The molecule has 0 saturated carbocycles. The van der Waals surface area contributed by atoms with Gasteiger partial charge in [-0.1, -0.05) is 48.2 Å². The van der Waals surface area contributed by atoms with Crippen LogP contribution in [0.3, 0.4) is 0 Å². The van der Waals surface area contributed by atoms with Gasteiger partial charge in [0.15, 0.2) is 11.0 Å². The fourth-order valence-electron chi connectivity index (χ4n) is 2.38. The molecule has 0 aliphatic heterocycles. The predicted molar refractivity (Wildman–Crippen MR) is 101 cm³/mol. The lowest BCUT2D eigenvalue weighted by atomic mass is 10.2. The summed E-state index contributed by atoms with van der Waals surface area (Å²) in [6.45, 7) is 4.14. The summed E-state index contributed by atoms with van der Waals surface area (Å²) in [5, 5.41) is 11.6. The highest BCUT2D eigenvalue weighted by Gasteiger charge is 2.17. The number of nitrogens with one attached hydrogen (secondary N) is 1. The zero-order valence-corrected chi connectivity index (χ0v) is 14.7. The molecule has 2 aromatic carbocycles. The van der Waals surface area contributed by atoms with Gasteiger partial charge in [-0.15, -0.1) is 16.8 Å². The standard InChI is InChI=1S/C19H17FN4OS/c1-2-12-24-18(15-10-6-7-11-16(15)20)22-23-19(24)26-13-17(25)21-14-8-4-3-5-9-14/h2-11H,1,12-13H2,(H,21,25). The molecule has 0 bridgehead atoms. The number of allylic oxidation sites excluding steroid dienone is 1. The largest absolute Gasteiger partial charge is 0.325 e. The van der Waals surface area contributed by atoms with Crippen molar-refractivity contribution in [1.82, 2.24) is 14.8 Å². The molecule has 0 spiro atoms. The van der Waals surface area contributed by atoms with Gasteiger partial charge in [0, 0.05) is 12.2 Å². The predicted octanol–water partition coefficient (Wildman–Crippen LogP) is 4.00. The van der Waals surface area contributed by atoms with Gasteiger partial charge in [0.2, 0.25) is 5.91 Å². The van der Waals surface area contributed by atoms with Gasteiger partial charge >= 0.3 is 0 Å². The lowest BCUT2D eigenvalue weighted by molar-refractivity contribution is -0.113. The molecule has 132 valence electrons. The van der Waals surface area contributed by atoms with Crippen molar-refractivity contribution in [3.8, 4) is 11.4 Å². The molecule has 1 N–H and O–H groups in total. The maximum atomic E-state index is 14.1. The number of carbonyl (C=O) groups is 1. The minimum absolute atomic E-state index is 0.151. The number of nitrogens with zero attached hydrogens (tertiary/aromatic N) is 3. The molecule has 1 amide bonds. The monoisotopic (exact) mass is 368 g/mol. The van der Waals surface area contributed by atoms with Crippen molar-refractivity contribution < 1.29 is 9.18 Å². The molecular weight excluding hydrogens is 351 g/mol. The summed E-state index contributed by atoms with van der Waals surface area (Å²) in [7, 11) is 0. The molecule has 3 aromatic rings.